The maximum absolute atomic E-state index is 12.4. The van der Waals surface area contributed by atoms with Gasteiger partial charge in [-0.2, -0.15) is 11.8 Å². The lowest BCUT2D eigenvalue weighted by Gasteiger charge is -2.19. The van der Waals surface area contributed by atoms with Crippen molar-refractivity contribution < 1.29 is 9.84 Å². The lowest BCUT2D eigenvalue weighted by atomic mass is 10.1. The van der Waals surface area contributed by atoms with Gasteiger partial charge >= 0.3 is 4.87 Å². The van der Waals surface area contributed by atoms with Gasteiger partial charge in [-0.3, -0.25) is 14.2 Å². The Kier molecular flexibility index (Phi) is 4.63. The highest BCUT2D eigenvalue weighted by molar-refractivity contribution is 7.99. The summed E-state index contributed by atoms with van der Waals surface area (Å²) in [4.78, 5) is 31.1. The van der Waals surface area contributed by atoms with E-state index in [0.717, 1.165) is 11.3 Å². The zero-order valence-electron chi connectivity index (χ0n) is 13.1. The Morgan fingerprint density at radius 1 is 1.57 bits per heavy atom. The molecule has 23 heavy (non-hydrogen) atoms. The van der Waals surface area contributed by atoms with E-state index in [1.54, 1.807) is 18.7 Å². The molecule has 2 aromatic heterocycles. The number of hydrogen-bond acceptors (Lipinski definition) is 7. The van der Waals surface area contributed by atoms with Gasteiger partial charge in [-0.15, -0.1) is 0 Å². The normalized spacial score (nSPS) is 26.0. The summed E-state index contributed by atoms with van der Waals surface area (Å²) in [6.45, 7) is 3.57. The van der Waals surface area contributed by atoms with E-state index in [2.05, 4.69) is 9.97 Å². The monoisotopic (exact) mass is 357 g/mol. The number of rotatable bonds is 4. The van der Waals surface area contributed by atoms with Crippen LogP contribution in [-0.4, -0.2) is 43.4 Å². The van der Waals surface area contributed by atoms with Crippen molar-refractivity contribution in [1.82, 2.24) is 14.5 Å². The summed E-state index contributed by atoms with van der Waals surface area (Å²) >= 11 is 2.47. The predicted molar refractivity (Wildman–Crippen MR) is 91.4 cm³/mol. The number of aromatic nitrogens is 3. The molecule has 1 saturated heterocycles. The van der Waals surface area contributed by atoms with Crippen molar-refractivity contribution in [3.05, 3.63) is 25.8 Å². The average molecular weight is 357 g/mol. The zero-order chi connectivity index (χ0) is 16.7. The number of aliphatic hydroxyl groups excluding tert-OH is 1. The van der Waals surface area contributed by atoms with Crippen LogP contribution in [0.2, 0.25) is 0 Å². The van der Waals surface area contributed by atoms with E-state index < -0.39 is 12.3 Å². The van der Waals surface area contributed by atoms with Crippen LogP contribution in [0.5, 0.6) is 0 Å². The van der Waals surface area contributed by atoms with Crippen molar-refractivity contribution in [3.63, 3.8) is 0 Å². The molecule has 3 rings (SSSR count). The number of aliphatic hydroxyl groups is 1. The first kappa shape index (κ1) is 16.7. The maximum Gasteiger partial charge on any atom is 0.311 e. The second-order valence-electron chi connectivity index (χ2n) is 5.59. The van der Waals surface area contributed by atoms with Crippen molar-refractivity contribution >= 4 is 33.4 Å². The topological polar surface area (TPSA) is 97.2 Å². The number of thiazole rings is 1. The van der Waals surface area contributed by atoms with Crippen LogP contribution >= 0.6 is 23.1 Å². The number of hydrogen-bond donors (Lipinski definition) is 2. The van der Waals surface area contributed by atoms with E-state index >= 15 is 0 Å². The Bertz CT molecular complexity index is 828. The fraction of sp³-hybridized carbons (Fsp3) is 0.643. The molecule has 2 aromatic rings. The molecule has 4 unspecified atom stereocenters. The Morgan fingerprint density at radius 2 is 2.30 bits per heavy atom. The van der Waals surface area contributed by atoms with Gasteiger partial charge in [-0.1, -0.05) is 18.3 Å². The third-order valence-electron chi connectivity index (χ3n) is 4.09. The largest absolute Gasteiger partial charge is 0.390 e. The first-order valence-electron chi connectivity index (χ1n) is 7.44. The third kappa shape index (κ3) is 2.86. The highest BCUT2D eigenvalue weighted by Crippen LogP contribution is 2.38. The molecule has 126 valence electrons. The number of aromatic amines is 1. The van der Waals surface area contributed by atoms with Crippen LogP contribution in [0, 0.1) is 6.92 Å². The van der Waals surface area contributed by atoms with Crippen LogP contribution in [0.4, 0.5) is 0 Å². The van der Waals surface area contributed by atoms with Crippen LogP contribution in [0.15, 0.2) is 9.59 Å². The highest BCUT2D eigenvalue weighted by atomic mass is 32.2. The molecule has 0 amide bonds. The summed E-state index contributed by atoms with van der Waals surface area (Å²) in [5.74, 6) is 0.456. The highest BCUT2D eigenvalue weighted by Gasteiger charge is 2.40. The van der Waals surface area contributed by atoms with E-state index in [1.165, 1.54) is 4.57 Å². The minimum absolute atomic E-state index is 0.0260. The molecule has 3 heterocycles. The summed E-state index contributed by atoms with van der Waals surface area (Å²) < 4.78 is 7.75. The molecule has 1 fully saturated rings. The van der Waals surface area contributed by atoms with Crippen LogP contribution in [0.25, 0.3) is 10.3 Å². The van der Waals surface area contributed by atoms with Gasteiger partial charge in [0.15, 0.2) is 11.9 Å². The van der Waals surface area contributed by atoms with E-state index in [1.807, 2.05) is 13.2 Å². The van der Waals surface area contributed by atoms with E-state index in [4.69, 9.17) is 4.74 Å². The minimum Gasteiger partial charge on any atom is -0.390 e. The Morgan fingerprint density at radius 3 is 2.96 bits per heavy atom. The molecule has 7 nitrogen and oxygen atoms in total. The predicted octanol–water partition coefficient (Wildman–Crippen LogP) is 1.24. The molecular formula is C14H19N3O4S2. The van der Waals surface area contributed by atoms with Gasteiger partial charge in [-0.25, -0.2) is 4.98 Å². The number of nitrogens with zero attached hydrogens (tertiary/aromatic N) is 2. The van der Waals surface area contributed by atoms with Crippen LogP contribution in [0.1, 0.15) is 31.8 Å². The first-order chi connectivity index (χ1) is 11.0. The van der Waals surface area contributed by atoms with Gasteiger partial charge < -0.3 is 14.8 Å². The van der Waals surface area contributed by atoms with Crippen molar-refractivity contribution in [2.45, 2.75) is 50.4 Å². The van der Waals surface area contributed by atoms with Gasteiger partial charge in [0.1, 0.15) is 10.5 Å². The summed E-state index contributed by atoms with van der Waals surface area (Å²) in [5.41, 5.74) is 0.0501. The number of H-pyrrole nitrogens is 1. The van der Waals surface area contributed by atoms with E-state index in [9.17, 15) is 14.7 Å². The molecule has 0 aliphatic carbocycles. The number of fused-ring (bicyclic) bond motifs is 1. The minimum atomic E-state index is -0.562. The maximum atomic E-state index is 12.4. The van der Waals surface area contributed by atoms with Gasteiger partial charge in [-0.05, 0) is 26.0 Å². The molecule has 0 radical (unpaired) electrons. The van der Waals surface area contributed by atoms with E-state index in [0.29, 0.717) is 29.0 Å². The van der Waals surface area contributed by atoms with Crippen molar-refractivity contribution in [2.24, 2.45) is 0 Å². The molecule has 0 spiro atoms. The zero-order valence-corrected chi connectivity index (χ0v) is 14.7. The van der Waals surface area contributed by atoms with Crippen LogP contribution in [-0.2, 0) is 4.74 Å². The second-order valence-corrected chi connectivity index (χ2v) is 7.63. The van der Waals surface area contributed by atoms with Gasteiger partial charge in [0.05, 0.1) is 17.5 Å². The number of aryl methyl sites for hydroxylation is 1. The molecule has 9 heteroatoms. The molecule has 0 aromatic carbocycles. The number of nitrogens with one attached hydrogen (secondary N) is 1. The SMILES string of the molecule is CCC(O)C1CC(SC)C(n2c(=O)sc3c(=O)[nH]c(C)nc32)O1. The molecular weight excluding hydrogens is 338 g/mol. The Hall–Kier alpha value is -1.16. The van der Waals surface area contributed by atoms with Gasteiger partial charge in [0.2, 0.25) is 0 Å². The molecule has 0 saturated carbocycles. The summed E-state index contributed by atoms with van der Waals surface area (Å²) in [6, 6.07) is 0. The quantitative estimate of drug-likeness (QED) is 0.855. The fourth-order valence-corrected chi connectivity index (χ4v) is 4.52. The number of thioether (sulfide) groups is 1. The fourth-order valence-electron chi connectivity index (χ4n) is 2.88. The average Bonchev–Trinajstić information content (AvgIpc) is 3.07. The van der Waals surface area contributed by atoms with Crippen LogP contribution < -0.4 is 10.4 Å². The van der Waals surface area contributed by atoms with Gasteiger partial charge in [0, 0.05) is 0 Å². The van der Waals surface area contributed by atoms with Crippen molar-refractivity contribution in [2.75, 3.05) is 6.26 Å². The summed E-state index contributed by atoms with van der Waals surface area (Å²) in [5, 5.41) is 10.1. The Labute approximate surface area is 140 Å². The first-order valence-corrected chi connectivity index (χ1v) is 9.55. The second kappa shape index (κ2) is 6.39. The summed E-state index contributed by atoms with van der Waals surface area (Å²) in [6.07, 6.45) is 1.81. The lowest BCUT2D eigenvalue weighted by Crippen LogP contribution is -2.28. The molecule has 4 atom stereocenters. The van der Waals surface area contributed by atoms with Crippen molar-refractivity contribution in [3.8, 4) is 0 Å². The lowest BCUT2D eigenvalue weighted by molar-refractivity contribution is -0.0584. The molecule has 1 aliphatic rings. The van der Waals surface area contributed by atoms with Gasteiger partial charge in [0.25, 0.3) is 5.56 Å². The molecule has 0 bridgehead atoms. The number of ether oxygens (including phenoxy) is 1. The summed E-state index contributed by atoms with van der Waals surface area (Å²) in [7, 11) is 0. The van der Waals surface area contributed by atoms with E-state index in [-0.39, 0.29) is 21.8 Å². The molecule has 1 aliphatic heterocycles. The van der Waals surface area contributed by atoms with Crippen LogP contribution in [0.3, 0.4) is 0 Å². The third-order valence-corrected chi connectivity index (χ3v) is 6.07. The van der Waals surface area contributed by atoms with Crippen molar-refractivity contribution in [1.29, 1.82) is 0 Å². The molecule has 2 N–H and O–H groups in total. The Balaban J connectivity index is 2.10. The smallest absolute Gasteiger partial charge is 0.311 e. The standard InChI is InChI=1S/C14H19N3O4S2/c1-4-7(18)8-5-9(22-3)13(21-8)17-11-10(23-14(17)20)12(19)16-6(2)15-11/h7-9,13,18H,4-5H2,1-3H3,(H,15,16,19).